The first-order valence-electron chi connectivity index (χ1n) is 27.8. The number of hydrogen-bond donors (Lipinski definition) is 4. The van der Waals surface area contributed by atoms with E-state index >= 15 is 0 Å². The van der Waals surface area contributed by atoms with Crippen LogP contribution in [0.15, 0.2) is 70.7 Å². The summed E-state index contributed by atoms with van der Waals surface area (Å²) in [6, 6.07) is 19.6. The molecule has 2 amide bonds. The van der Waals surface area contributed by atoms with Crippen LogP contribution in [0.2, 0.25) is 0 Å². The quantitative estimate of drug-likeness (QED) is 0.0926. The van der Waals surface area contributed by atoms with Crippen molar-refractivity contribution in [1.82, 2.24) is 45.3 Å². The van der Waals surface area contributed by atoms with Gasteiger partial charge in [0.2, 0.25) is 11.8 Å². The molecule has 5 N–H and O–H groups in total. The van der Waals surface area contributed by atoms with E-state index in [1.54, 1.807) is 28.4 Å². The number of benzene rings is 2. The van der Waals surface area contributed by atoms with Gasteiger partial charge in [-0.2, -0.15) is 0 Å². The summed E-state index contributed by atoms with van der Waals surface area (Å²) in [4.78, 5) is 48.1. The molecule has 5 aromatic rings. The number of aryl methyl sites for hydroxylation is 1. The lowest BCUT2D eigenvalue weighted by molar-refractivity contribution is -0.141. The molecule has 0 radical (unpaired) electrons. The number of nitrogens with zero attached hydrogens (tertiary/aromatic N) is 10. The number of para-hydroxylation sites is 1. The van der Waals surface area contributed by atoms with Crippen molar-refractivity contribution in [1.29, 1.82) is 0 Å². The van der Waals surface area contributed by atoms with E-state index in [0.29, 0.717) is 46.9 Å². The number of carbonyl (C=O) groups excluding carboxylic acids is 2. The second-order valence-electron chi connectivity index (χ2n) is 22.8. The summed E-state index contributed by atoms with van der Waals surface area (Å²) < 4.78 is 12.4. The average Bonchev–Trinajstić information content (AvgIpc) is 4.24. The van der Waals surface area contributed by atoms with Gasteiger partial charge in [-0.1, -0.05) is 55.4 Å². The highest BCUT2D eigenvalue weighted by Crippen LogP contribution is 2.39. The first kappa shape index (κ1) is 52.4. The third kappa shape index (κ3) is 11.2. The predicted molar refractivity (Wildman–Crippen MR) is 294 cm³/mol. The average molecular weight is 1060 g/mol. The second-order valence-corrected chi connectivity index (χ2v) is 23.6. The van der Waals surface area contributed by atoms with Crippen LogP contribution in [-0.4, -0.2) is 177 Å². The molecule has 6 aliphatic rings. The molecule has 11 rings (SSSR count). The molecule has 6 fully saturated rings. The van der Waals surface area contributed by atoms with Gasteiger partial charge in [0.05, 0.1) is 52.3 Å². The number of aliphatic hydroxyl groups excluding tert-OH is 1. The lowest BCUT2D eigenvalue weighted by Crippen LogP contribution is -2.59. The number of nitrogens with one attached hydrogen (secondary N) is 1. The molecular weight excluding hydrogens is 981 g/mol. The van der Waals surface area contributed by atoms with Crippen LogP contribution in [0.3, 0.4) is 0 Å². The number of aromatic hydroxyl groups is 1. The number of rotatable bonds is 15. The number of anilines is 3. The summed E-state index contributed by atoms with van der Waals surface area (Å²) in [5.74, 6) is 1.18. The van der Waals surface area contributed by atoms with Gasteiger partial charge in [-0.25, -0.2) is 4.98 Å². The summed E-state index contributed by atoms with van der Waals surface area (Å²) in [6.07, 6.45) is 6.39. The Balaban J connectivity index is 0.624. The third-order valence-corrected chi connectivity index (χ3v) is 18.4. The highest BCUT2D eigenvalue weighted by Gasteiger charge is 2.45. The maximum atomic E-state index is 14.4. The van der Waals surface area contributed by atoms with Crippen LogP contribution in [0.4, 0.5) is 17.3 Å². The number of hydrogen-bond acceptors (Lipinski definition) is 17. The molecule has 406 valence electrons. The van der Waals surface area contributed by atoms with E-state index in [4.69, 9.17) is 15.0 Å². The van der Waals surface area contributed by atoms with Gasteiger partial charge in [0.15, 0.2) is 17.4 Å². The minimum absolute atomic E-state index is 0.0906. The van der Waals surface area contributed by atoms with E-state index in [2.05, 4.69) is 50.2 Å². The van der Waals surface area contributed by atoms with Crippen molar-refractivity contribution in [2.75, 3.05) is 94.1 Å². The maximum absolute atomic E-state index is 14.4. The molecule has 2 aromatic carbocycles. The Bertz CT molecular complexity index is 2780. The summed E-state index contributed by atoms with van der Waals surface area (Å²) >= 11 is 1.60. The Labute approximate surface area is 450 Å². The lowest BCUT2D eigenvalue weighted by atomic mass is 9.91. The van der Waals surface area contributed by atoms with Gasteiger partial charge in [0.25, 0.3) is 0 Å². The molecule has 0 spiro atoms. The first-order chi connectivity index (χ1) is 36.8. The Morgan fingerprint density at radius 2 is 1.61 bits per heavy atom. The number of thiazole rings is 1. The number of fused-ring (bicyclic) bond motifs is 2. The van der Waals surface area contributed by atoms with Crippen molar-refractivity contribution in [2.45, 2.75) is 121 Å². The van der Waals surface area contributed by atoms with Crippen LogP contribution in [0.5, 0.6) is 5.75 Å². The topological polar surface area (TPSA) is 206 Å². The fraction of sp³-hybridized carbons (Fsp3) is 0.579. The van der Waals surface area contributed by atoms with E-state index in [9.17, 15) is 19.8 Å². The Morgan fingerprint density at radius 1 is 0.855 bits per heavy atom. The van der Waals surface area contributed by atoms with Crippen LogP contribution in [-0.2, 0) is 14.3 Å². The number of β-amino-alcohol motifs (C(OH)–C–C–N with tert-alkyl or cyclic N) is 1. The summed E-state index contributed by atoms with van der Waals surface area (Å²) in [7, 11) is 0. The number of morpholine rings is 1. The summed E-state index contributed by atoms with van der Waals surface area (Å²) in [6.45, 7) is 18.6. The maximum Gasteiger partial charge on any atom is 0.243 e. The number of aliphatic hydroxyl groups is 1. The van der Waals surface area contributed by atoms with Crippen molar-refractivity contribution < 1.29 is 29.1 Å². The zero-order chi connectivity index (χ0) is 52.6. The van der Waals surface area contributed by atoms with E-state index in [1.165, 1.54) is 12.8 Å². The SMILES string of the molecule is Cc1ncsc1-c1ccc([C@H](C)NC(=O)[C@@H]2C[C@@H](O)CN2C(=O)[C@@H](c2cc(N3CCC(CN4CCC(N5CCO[C@@H](CN6C7CCC6CN(c6cc(-c8ccccc8O)nnc6N)C7)C5)CC4)CC3)no2)C(C)C)cc1. The van der Waals surface area contributed by atoms with E-state index in [-0.39, 0.29) is 48.6 Å². The zero-order valence-electron chi connectivity index (χ0n) is 44.5. The van der Waals surface area contributed by atoms with E-state index in [0.717, 1.165) is 131 Å². The van der Waals surface area contributed by atoms with Crippen LogP contribution >= 0.6 is 11.3 Å². The largest absolute Gasteiger partial charge is 0.507 e. The molecule has 6 aliphatic heterocycles. The summed E-state index contributed by atoms with van der Waals surface area (Å²) in [5, 5.41) is 37.5. The van der Waals surface area contributed by atoms with Crippen molar-refractivity contribution in [3.63, 3.8) is 0 Å². The Kier molecular flexibility index (Phi) is 15.6. The number of piperazine rings is 1. The number of phenols is 1. The molecule has 19 heteroatoms. The Hall–Kier alpha value is -5.70. The number of amides is 2. The standard InChI is InChI=1S/C57H76N12O6S/c1-35(2)53(57(73)69-31-44(70)25-49(69)56(72)60-36(3)39-9-11-40(12-10-39)54-37(4)59-34-76-54)51-27-52(63-75-51)65-21-15-38(16-22-65)28-64-19-17-41(18-20-64)66-23-24-74-45(32-66)33-68-42-13-14-43(68)30-67(29-42)48-26-47(61-62-55(48)58)46-7-5-6-8-50(46)71/h5-12,26-27,34-36,38,41-45,49,53,70-71H,13-25,28-33H2,1-4H3,(H2,58,62)(H,60,72)/t36-,42?,43?,44+,45+,49-,53+/m0/s1. The number of nitrogens with two attached hydrogens (primary N) is 1. The van der Waals surface area contributed by atoms with Gasteiger partial charge in [0, 0.05) is 95.1 Å². The van der Waals surface area contributed by atoms with Crippen molar-refractivity contribution in [2.24, 2.45) is 11.8 Å². The Morgan fingerprint density at radius 3 is 2.32 bits per heavy atom. The smallest absolute Gasteiger partial charge is 0.243 e. The minimum Gasteiger partial charge on any atom is -0.507 e. The van der Waals surface area contributed by atoms with Gasteiger partial charge in [0.1, 0.15) is 17.7 Å². The highest BCUT2D eigenvalue weighted by atomic mass is 32.1. The highest BCUT2D eigenvalue weighted by molar-refractivity contribution is 7.13. The molecule has 0 saturated carbocycles. The van der Waals surface area contributed by atoms with Gasteiger partial charge >= 0.3 is 0 Å². The van der Waals surface area contributed by atoms with Crippen LogP contribution < -0.4 is 20.9 Å². The molecule has 7 atom stereocenters. The van der Waals surface area contributed by atoms with Gasteiger partial charge in [-0.05, 0) is 107 Å². The number of piperidine rings is 2. The molecule has 2 bridgehead atoms. The minimum atomic E-state index is -0.797. The molecule has 9 heterocycles. The second kappa shape index (κ2) is 22.7. The molecule has 0 aliphatic carbocycles. The zero-order valence-corrected chi connectivity index (χ0v) is 45.4. The van der Waals surface area contributed by atoms with Gasteiger partial charge in [-0.15, -0.1) is 21.5 Å². The molecule has 18 nitrogen and oxygen atoms in total. The van der Waals surface area contributed by atoms with E-state index in [1.807, 2.05) is 81.7 Å². The van der Waals surface area contributed by atoms with Crippen LogP contribution in [0.1, 0.15) is 94.7 Å². The third-order valence-electron chi connectivity index (χ3n) is 17.5. The fourth-order valence-corrected chi connectivity index (χ4v) is 14.0. The monoisotopic (exact) mass is 1060 g/mol. The fourth-order valence-electron chi connectivity index (χ4n) is 13.2. The van der Waals surface area contributed by atoms with Crippen LogP contribution in [0.25, 0.3) is 21.7 Å². The number of likely N-dealkylation sites (tertiary alicyclic amines) is 2. The van der Waals surface area contributed by atoms with Crippen molar-refractivity contribution in [3.05, 3.63) is 83.2 Å². The van der Waals surface area contributed by atoms with Crippen LogP contribution in [0, 0.1) is 18.8 Å². The molecule has 6 saturated heterocycles. The molecule has 76 heavy (non-hydrogen) atoms. The van der Waals surface area contributed by atoms with E-state index < -0.39 is 18.1 Å². The van der Waals surface area contributed by atoms with Crippen molar-refractivity contribution in [3.8, 4) is 27.4 Å². The van der Waals surface area contributed by atoms with Crippen molar-refractivity contribution >= 4 is 40.5 Å². The first-order valence-corrected chi connectivity index (χ1v) is 28.7. The van der Waals surface area contributed by atoms with Gasteiger partial charge < -0.3 is 50.1 Å². The molecular formula is C57H76N12O6S. The normalized spacial score (nSPS) is 25.1. The number of carbonyl (C=O) groups is 2. The van der Waals surface area contributed by atoms with Gasteiger partial charge in [-0.3, -0.25) is 19.4 Å². The number of aromatic nitrogens is 4. The molecule has 3 aromatic heterocycles. The summed E-state index contributed by atoms with van der Waals surface area (Å²) in [5.41, 5.74) is 13.5. The number of phenolic OH excluding ortho intramolecular Hbond substituents is 1. The lowest BCUT2D eigenvalue weighted by Gasteiger charge is -2.46. The number of ether oxygens (including phenoxy) is 1. The number of nitrogen functional groups attached to an aromatic ring is 1. The molecule has 2 unspecified atom stereocenters. The predicted octanol–water partition coefficient (Wildman–Crippen LogP) is 6.16.